The minimum Gasteiger partial charge on any atom is -0.356 e. The lowest BCUT2D eigenvalue weighted by Crippen LogP contribution is -2.30. The van der Waals surface area contributed by atoms with E-state index in [-0.39, 0.29) is 0 Å². The first-order valence-corrected chi connectivity index (χ1v) is 6.72. The van der Waals surface area contributed by atoms with E-state index < -0.39 is 0 Å². The van der Waals surface area contributed by atoms with Crippen molar-refractivity contribution in [2.24, 2.45) is 5.73 Å². The first-order chi connectivity index (χ1) is 8.90. The number of aromatic nitrogens is 1. The molecule has 1 aromatic heterocycles. The zero-order valence-corrected chi connectivity index (χ0v) is 10.6. The Balaban J connectivity index is 2.12. The lowest BCUT2D eigenvalue weighted by molar-refractivity contribution is 0.575. The molecule has 1 fully saturated rings. The minimum atomic E-state index is 0.549. The van der Waals surface area contributed by atoms with Crippen molar-refractivity contribution in [3.8, 4) is 0 Å². The summed E-state index contributed by atoms with van der Waals surface area (Å²) in [6.07, 6.45) is 5.82. The Hall–Kier alpha value is -1.61. The van der Waals surface area contributed by atoms with E-state index in [4.69, 9.17) is 5.73 Å². The summed E-state index contributed by atoms with van der Waals surface area (Å²) in [7, 11) is 0. The smallest absolute Gasteiger partial charge is 0.136 e. The van der Waals surface area contributed by atoms with E-state index in [1.54, 1.807) is 0 Å². The lowest BCUT2D eigenvalue weighted by atomic mass is 10.1. The number of anilines is 1. The standard InChI is InChI=1S/C15H19N3/c16-10-12-11-17-15(18-8-4-1-5-9-18)14-7-3-2-6-13(12)14/h2-3,6-7,11H,1,4-5,8-10,16H2. The van der Waals surface area contributed by atoms with Gasteiger partial charge in [0.2, 0.25) is 0 Å². The topological polar surface area (TPSA) is 42.1 Å². The molecule has 0 unspecified atom stereocenters. The molecular weight excluding hydrogens is 222 g/mol. The normalized spacial score (nSPS) is 16.2. The Kier molecular flexibility index (Phi) is 3.15. The van der Waals surface area contributed by atoms with Crippen LogP contribution in [0.5, 0.6) is 0 Å². The van der Waals surface area contributed by atoms with E-state index in [1.165, 1.54) is 30.0 Å². The third-order valence-electron chi connectivity index (χ3n) is 3.73. The summed E-state index contributed by atoms with van der Waals surface area (Å²) in [5, 5.41) is 2.48. The third kappa shape index (κ3) is 1.95. The molecule has 1 aliphatic heterocycles. The summed E-state index contributed by atoms with van der Waals surface area (Å²) in [5.74, 6) is 1.13. The van der Waals surface area contributed by atoms with Crippen molar-refractivity contribution in [2.45, 2.75) is 25.8 Å². The number of nitrogens with two attached hydrogens (primary N) is 1. The van der Waals surface area contributed by atoms with Crippen molar-refractivity contribution < 1.29 is 0 Å². The van der Waals surface area contributed by atoms with Gasteiger partial charge in [0, 0.05) is 31.2 Å². The van der Waals surface area contributed by atoms with Gasteiger partial charge in [-0.25, -0.2) is 4.98 Å². The Bertz CT molecular complexity index is 544. The average Bonchev–Trinajstić information content (AvgIpc) is 2.47. The van der Waals surface area contributed by atoms with Gasteiger partial charge < -0.3 is 10.6 Å². The molecule has 18 heavy (non-hydrogen) atoms. The summed E-state index contributed by atoms with van der Waals surface area (Å²) in [4.78, 5) is 7.06. The summed E-state index contributed by atoms with van der Waals surface area (Å²) in [6, 6.07) is 8.46. The second-order valence-electron chi connectivity index (χ2n) is 4.90. The molecule has 1 aliphatic rings. The van der Waals surface area contributed by atoms with Crippen molar-refractivity contribution in [2.75, 3.05) is 18.0 Å². The van der Waals surface area contributed by atoms with Gasteiger partial charge in [-0.1, -0.05) is 24.3 Å². The van der Waals surface area contributed by atoms with E-state index in [2.05, 4.69) is 34.1 Å². The molecule has 2 aromatic rings. The Morgan fingerprint density at radius 1 is 1.06 bits per heavy atom. The van der Waals surface area contributed by atoms with Crippen LogP contribution in [0.25, 0.3) is 10.8 Å². The first-order valence-electron chi connectivity index (χ1n) is 6.72. The molecule has 3 heteroatoms. The maximum atomic E-state index is 5.79. The van der Waals surface area contributed by atoms with Gasteiger partial charge in [0.25, 0.3) is 0 Å². The van der Waals surface area contributed by atoms with Gasteiger partial charge in [0.15, 0.2) is 0 Å². The maximum Gasteiger partial charge on any atom is 0.136 e. The van der Waals surface area contributed by atoms with Crippen LogP contribution in [0, 0.1) is 0 Å². The third-order valence-corrected chi connectivity index (χ3v) is 3.73. The number of nitrogens with zero attached hydrogens (tertiary/aromatic N) is 2. The Morgan fingerprint density at radius 2 is 1.78 bits per heavy atom. The fraction of sp³-hybridized carbons (Fsp3) is 0.400. The predicted octanol–water partition coefficient (Wildman–Crippen LogP) is 2.68. The molecule has 1 aromatic carbocycles. The molecule has 1 saturated heterocycles. The van der Waals surface area contributed by atoms with E-state index in [0.29, 0.717) is 6.54 Å². The van der Waals surface area contributed by atoms with Crippen LogP contribution in [0.4, 0.5) is 5.82 Å². The highest BCUT2D eigenvalue weighted by atomic mass is 15.2. The highest BCUT2D eigenvalue weighted by Crippen LogP contribution is 2.28. The fourth-order valence-corrected chi connectivity index (χ4v) is 2.76. The van der Waals surface area contributed by atoms with Gasteiger partial charge in [0.1, 0.15) is 5.82 Å². The van der Waals surface area contributed by atoms with Crippen molar-refractivity contribution >= 4 is 16.6 Å². The second kappa shape index (κ2) is 4.94. The van der Waals surface area contributed by atoms with Crippen LogP contribution in [0.1, 0.15) is 24.8 Å². The van der Waals surface area contributed by atoms with Crippen molar-refractivity contribution in [3.63, 3.8) is 0 Å². The molecular formula is C15H19N3. The Morgan fingerprint density at radius 3 is 2.50 bits per heavy atom. The molecule has 0 amide bonds. The molecule has 3 rings (SSSR count). The summed E-state index contributed by atoms with van der Waals surface area (Å²) < 4.78 is 0. The molecule has 2 heterocycles. The van der Waals surface area contributed by atoms with Crippen LogP contribution in [-0.2, 0) is 6.54 Å². The molecule has 3 nitrogen and oxygen atoms in total. The molecule has 94 valence electrons. The number of piperidine rings is 1. The number of rotatable bonds is 2. The zero-order valence-electron chi connectivity index (χ0n) is 10.6. The van der Waals surface area contributed by atoms with Crippen LogP contribution < -0.4 is 10.6 Å². The van der Waals surface area contributed by atoms with Gasteiger partial charge in [0.05, 0.1) is 0 Å². The van der Waals surface area contributed by atoms with Crippen LogP contribution in [0.15, 0.2) is 30.5 Å². The van der Waals surface area contributed by atoms with Gasteiger partial charge in [-0.15, -0.1) is 0 Å². The maximum absolute atomic E-state index is 5.79. The highest BCUT2D eigenvalue weighted by Gasteiger charge is 2.15. The van der Waals surface area contributed by atoms with E-state index in [1.807, 2.05) is 6.20 Å². The molecule has 0 aliphatic carbocycles. The van der Waals surface area contributed by atoms with Crippen LogP contribution >= 0.6 is 0 Å². The average molecular weight is 241 g/mol. The molecule has 0 radical (unpaired) electrons. The molecule has 0 spiro atoms. The van der Waals surface area contributed by atoms with E-state index >= 15 is 0 Å². The summed E-state index contributed by atoms with van der Waals surface area (Å²) in [6.45, 7) is 2.80. The number of hydrogen-bond acceptors (Lipinski definition) is 3. The molecule has 0 saturated carbocycles. The number of benzene rings is 1. The number of fused-ring (bicyclic) bond motifs is 1. The van der Waals surface area contributed by atoms with Crippen LogP contribution in [-0.4, -0.2) is 18.1 Å². The Labute approximate surface area is 108 Å². The highest BCUT2D eigenvalue weighted by molar-refractivity contribution is 5.94. The van der Waals surface area contributed by atoms with E-state index in [0.717, 1.165) is 24.5 Å². The van der Waals surface area contributed by atoms with E-state index in [9.17, 15) is 0 Å². The van der Waals surface area contributed by atoms with Crippen LogP contribution in [0.3, 0.4) is 0 Å². The second-order valence-corrected chi connectivity index (χ2v) is 4.90. The SMILES string of the molecule is NCc1cnc(N2CCCCC2)c2ccccc12. The van der Waals surface area contributed by atoms with Gasteiger partial charge in [-0.05, 0) is 30.2 Å². The fourth-order valence-electron chi connectivity index (χ4n) is 2.76. The number of hydrogen-bond donors (Lipinski definition) is 1. The van der Waals surface area contributed by atoms with Gasteiger partial charge in [-0.3, -0.25) is 0 Å². The van der Waals surface area contributed by atoms with Crippen molar-refractivity contribution in [1.29, 1.82) is 0 Å². The minimum absolute atomic E-state index is 0.549. The van der Waals surface area contributed by atoms with Crippen LogP contribution in [0.2, 0.25) is 0 Å². The molecule has 0 bridgehead atoms. The number of pyridine rings is 1. The predicted molar refractivity (Wildman–Crippen MR) is 75.7 cm³/mol. The van der Waals surface area contributed by atoms with Gasteiger partial charge >= 0.3 is 0 Å². The largest absolute Gasteiger partial charge is 0.356 e. The zero-order chi connectivity index (χ0) is 12.4. The van der Waals surface area contributed by atoms with Gasteiger partial charge in [-0.2, -0.15) is 0 Å². The lowest BCUT2D eigenvalue weighted by Gasteiger charge is -2.29. The summed E-state index contributed by atoms with van der Waals surface area (Å²) >= 11 is 0. The molecule has 2 N–H and O–H groups in total. The van der Waals surface area contributed by atoms with Crippen molar-refractivity contribution in [1.82, 2.24) is 4.98 Å². The monoisotopic (exact) mass is 241 g/mol. The molecule has 0 atom stereocenters. The van der Waals surface area contributed by atoms with Crippen molar-refractivity contribution in [3.05, 3.63) is 36.0 Å². The quantitative estimate of drug-likeness (QED) is 0.879. The summed E-state index contributed by atoms with van der Waals surface area (Å²) in [5.41, 5.74) is 6.92. The first kappa shape index (κ1) is 11.5.